The molecule has 3 rings (SSSR count). The van der Waals surface area contributed by atoms with Gasteiger partial charge in [-0.3, -0.25) is 0 Å². The second-order valence-electron chi connectivity index (χ2n) is 13.8. The van der Waals surface area contributed by atoms with Gasteiger partial charge in [-0.25, -0.2) is 0 Å². The Hall–Kier alpha value is -2.21. The van der Waals surface area contributed by atoms with Crippen LogP contribution in [0.4, 0.5) is 0 Å². The average Bonchev–Trinajstić information content (AvgIpc) is 2.90. The number of rotatable bonds is 10. The molecule has 0 aliphatic rings. The Kier molecular flexibility index (Phi) is 11.6. The van der Waals surface area contributed by atoms with Crippen molar-refractivity contribution >= 4 is 47.0 Å². The first kappa shape index (κ1) is 36.3. The third-order valence-corrected chi connectivity index (χ3v) is 10.0. The maximum atomic E-state index is 12.1. The zero-order valence-electron chi connectivity index (χ0n) is 28.1. The molecule has 3 aromatic rings. The van der Waals surface area contributed by atoms with E-state index in [9.17, 15) is 5.11 Å². The summed E-state index contributed by atoms with van der Waals surface area (Å²) in [6.45, 7) is 18.9. The van der Waals surface area contributed by atoms with Crippen molar-refractivity contribution < 1.29 is 28.8 Å². The van der Waals surface area contributed by atoms with E-state index in [0.29, 0.717) is 32.6 Å². The predicted octanol–water partition coefficient (Wildman–Crippen LogP) is 8.32. The lowest BCUT2D eigenvalue weighted by Crippen LogP contribution is -2.30. The van der Waals surface area contributed by atoms with Crippen molar-refractivity contribution in [1.82, 2.24) is 0 Å². The van der Waals surface area contributed by atoms with Crippen LogP contribution in [0.25, 0.3) is 0 Å². The number of methoxy groups -OCH3 is 3. The number of phenolic OH excluding ortho intramolecular Hbond substituents is 1. The minimum atomic E-state index is -1.65. The molecule has 0 aliphatic carbocycles. The maximum absolute atomic E-state index is 12.1. The van der Waals surface area contributed by atoms with E-state index >= 15 is 0 Å². The van der Waals surface area contributed by atoms with Crippen molar-refractivity contribution in [3.05, 3.63) is 63.1 Å². The van der Waals surface area contributed by atoms with E-state index < -0.39 is 13.3 Å². The van der Waals surface area contributed by atoms with Gasteiger partial charge in [0.05, 0.1) is 7.11 Å². The number of halogens is 2. The summed E-state index contributed by atoms with van der Waals surface area (Å²) in [4.78, 5) is 0. The van der Waals surface area contributed by atoms with Crippen LogP contribution in [0.1, 0.15) is 79.0 Å². The molecule has 44 heavy (non-hydrogen) atoms. The molecule has 0 saturated carbocycles. The fourth-order valence-corrected chi connectivity index (χ4v) is 8.25. The molecular formula is C35H47Cl2O6P. The van der Waals surface area contributed by atoms with Gasteiger partial charge in [0.2, 0.25) is 0 Å². The summed E-state index contributed by atoms with van der Waals surface area (Å²) in [5.74, 6) is 2.04. The lowest BCUT2D eigenvalue weighted by atomic mass is 9.86. The van der Waals surface area contributed by atoms with E-state index in [0.717, 1.165) is 27.3 Å². The van der Waals surface area contributed by atoms with Crippen molar-refractivity contribution in [3.63, 3.8) is 0 Å². The maximum Gasteiger partial charge on any atom is 0.188 e. The second-order valence-corrected chi connectivity index (χ2v) is 16.8. The molecule has 242 valence electrons. The quantitative estimate of drug-likeness (QED) is 0.174. The summed E-state index contributed by atoms with van der Waals surface area (Å²) in [7, 11) is 3.15. The molecule has 9 heteroatoms. The van der Waals surface area contributed by atoms with Gasteiger partial charge in [0.25, 0.3) is 0 Å². The molecule has 0 radical (unpaired) electrons. The van der Waals surface area contributed by atoms with Crippen molar-refractivity contribution in [2.24, 2.45) is 0 Å². The third-order valence-electron chi connectivity index (χ3n) is 7.16. The van der Waals surface area contributed by atoms with E-state index in [4.69, 9.17) is 46.9 Å². The highest BCUT2D eigenvalue weighted by Crippen LogP contribution is 2.50. The fraction of sp³-hybridized carbons (Fsp3) is 0.486. The molecule has 0 aliphatic heterocycles. The van der Waals surface area contributed by atoms with Gasteiger partial charge in [-0.1, -0.05) is 85.5 Å². The van der Waals surface area contributed by atoms with Gasteiger partial charge in [-0.15, -0.1) is 0 Å². The Balaban J connectivity index is 2.67. The molecule has 0 heterocycles. The SMILES string of the molecule is COCOc1c(P(c2cc(OC)cc(C(C)(C)C)c2O)c2cc(Cl)cc(C(C)(C)C)c2OCOC)cc(Cl)cc1C(C)(C)C. The Morgan fingerprint density at radius 3 is 1.34 bits per heavy atom. The van der Waals surface area contributed by atoms with Crippen LogP contribution in [0.5, 0.6) is 23.0 Å². The first-order chi connectivity index (χ1) is 20.3. The summed E-state index contributed by atoms with van der Waals surface area (Å²) in [6.07, 6.45) is 0. The van der Waals surface area contributed by atoms with Gasteiger partial charge < -0.3 is 28.8 Å². The number of hydrogen-bond acceptors (Lipinski definition) is 6. The fourth-order valence-electron chi connectivity index (χ4n) is 4.99. The lowest BCUT2D eigenvalue weighted by Gasteiger charge is -2.33. The lowest BCUT2D eigenvalue weighted by molar-refractivity contribution is 0.0506. The number of aromatic hydroxyl groups is 1. The standard InChI is InChI=1S/C35H47Cl2O6P/c1-33(2,3)24-17-23(41-12)18-27(30(24)38)44(28-15-21(36)13-25(34(4,5)6)31(28)42-19-39-10)29-16-22(37)14-26(35(7,8)9)32(29)43-20-40-11/h13-18,38H,19-20H2,1-12H3. The van der Waals surface area contributed by atoms with Gasteiger partial charge in [-0.05, 0) is 60.6 Å². The molecule has 0 amide bonds. The van der Waals surface area contributed by atoms with Crippen LogP contribution in [-0.4, -0.2) is 40.0 Å². The number of hydrogen-bond donors (Lipinski definition) is 1. The zero-order valence-corrected chi connectivity index (χ0v) is 30.5. The van der Waals surface area contributed by atoms with Gasteiger partial charge in [-0.2, -0.15) is 0 Å². The second kappa shape index (κ2) is 14.1. The smallest absolute Gasteiger partial charge is 0.188 e. The molecule has 0 spiro atoms. The van der Waals surface area contributed by atoms with Gasteiger partial charge in [0.1, 0.15) is 23.0 Å². The Morgan fingerprint density at radius 2 is 1.00 bits per heavy atom. The summed E-state index contributed by atoms with van der Waals surface area (Å²) < 4.78 is 29.4. The molecular weight excluding hydrogens is 618 g/mol. The highest BCUT2D eigenvalue weighted by Gasteiger charge is 2.35. The molecule has 0 unspecified atom stereocenters. The first-order valence-electron chi connectivity index (χ1n) is 14.5. The molecule has 0 bridgehead atoms. The molecule has 6 nitrogen and oxygen atoms in total. The monoisotopic (exact) mass is 664 g/mol. The van der Waals surface area contributed by atoms with Crippen LogP contribution in [0.15, 0.2) is 36.4 Å². The number of phenols is 1. The summed E-state index contributed by atoms with van der Waals surface area (Å²) >= 11 is 13.8. The highest BCUT2D eigenvalue weighted by molar-refractivity contribution is 7.80. The summed E-state index contributed by atoms with van der Waals surface area (Å²) in [6, 6.07) is 11.4. The zero-order chi connectivity index (χ0) is 33.2. The van der Waals surface area contributed by atoms with Crippen molar-refractivity contribution in [2.75, 3.05) is 34.9 Å². The van der Waals surface area contributed by atoms with E-state index in [1.54, 1.807) is 21.3 Å². The van der Waals surface area contributed by atoms with E-state index in [2.05, 4.69) is 62.3 Å². The van der Waals surface area contributed by atoms with Gasteiger partial charge >= 0.3 is 0 Å². The summed E-state index contributed by atoms with van der Waals surface area (Å²) in [5.41, 5.74) is 1.48. The molecule has 0 saturated heterocycles. The normalized spacial score (nSPS) is 12.5. The minimum absolute atomic E-state index is 0.0219. The minimum Gasteiger partial charge on any atom is -0.507 e. The van der Waals surface area contributed by atoms with E-state index in [1.165, 1.54) is 0 Å². The van der Waals surface area contributed by atoms with Crippen LogP contribution >= 0.6 is 31.1 Å². The van der Waals surface area contributed by atoms with Crippen LogP contribution in [0.3, 0.4) is 0 Å². The van der Waals surface area contributed by atoms with Crippen molar-refractivity contribution in [3.8, 4) is 23.0 Å². The topological polar surface area (TPSA) is 66.4 Å². The summed E-state index contributed by atoms with van der Waals surface area (Å²) in [5, 5.41) is 15.4. The first-order valence-corrected chi connectivity index (χ1v) is 16.6. The van der Waals surface area contributed by atoms with Gasteiger partial charge in [0.15, 0.2) is 13.6 Å². The van der Waals surface area contributed by atoms with Crippen molar-refractivity contribution in [1.29, 1.82) is 0 Å². The van der Waals surface area contributed by atoms with Crippen LogP contribution in [0, 0.1) is 0 Å². The van der Waals surface area contributed by atoms with Crippen molar-refractivity contribution in [2.45, 2.75) is 78.6 Å². The Labute approximate surface area is 274 Å². The molecule has 1 N–H and O–H groups in total. The molecule has 0 aromatic heterocycles. The van der Waals surface area contributed by atoms with Crippen LogP contribution in [0.2, 0.25) is 10.0 Å². The highest BCUT2D eigenvalue weighted by atomic mass is 35.5. The van der Waals surface area contributed by atoms with Crippen LogP contribution < -0.4 is 30.1 Å². The number of benzene rings is 3. The Morgan fingerprint density at radius 1 is 0.591 bits per heavy atom. The van der Waals surface area contributed by atoms with E-state index in [1.807, 2.05) is 36.4 Å². The molecule has 3 aromatic carbocycles. The van der Waals surface area contributed by atoms with E-state index in [-0.39, 0.29) is 30.2 Å². The van der Waals surface area contributed by atoms with Gasteiger partial charge in [0, 0.05) is 56.9 Å². The predicted molar refractivity (Wildman–Crippen MR) is 184 cm³/mol. The third kappa shape index (κ3) is 8.13. The Bertz CT molecular complexity index is 1390. The molecule has 0 atom stereocenters. The number of ether oxygens (including phenoxy) is 5. The van der Waals surface area contributed by atoms with Crippen LogP contribution in [-0.2, 0) is 25.7 Å². The largest absolute Gasteiger partial charge is 0.507 e. The molecule has 0 fully saturated rings. The average molecular weight is 666 g/mol.